The number of hydrogen-bond acceptors (Lipinski definition) is 5. The quantitative estimate of drug-likeness (QED) is 0.790. The van der Waals surface area contributed by atoms with E-state index in [1.165, 1.54) is 10.7 Å². The van der Waals surface area contributed by atoms with Gasteiger partial charge in [-0.1, -0.05) is 5.21 Å². The summed E-state index contributed by atoms with van der Waals surface area (Å²) < 4.78 is 27.2. The highest BCUT2D eigenvalue weighted by molar-refractivity contribution is 7.85. The van der Waals surface area contributed by atoms with Crippen LogP contribution in [0.15, 0.2) is 24.4 Å². The molecule has 9 heteroatoms. The summed E-state index contributed by atoms with van der Waals surface area (Å²) in [7, 11) is -0.793. The van der Waals surface area contributed by atoms with E-state index in [1.54, 1.807) is 18.3 Å². The van der Waals surface area contributed by atoms with Crippen molar-refractivity contribution in [3.63, 3.8) is 0 Å². The minimum absolute atomic E-state index is 0.273. The van der Waals surface area contributed by atoms with Gasteiger partial charge in [-0.15, -0.1) is 5.10 Å². The second-order valence-corrected chi connectivity index (χ2v) is 6.82. The third kappa shape index (κ3) is 3.55. The molecule has 1 amide bonds. The van der Waals surface area contributed by atoms with Gasteiger partial charge in [-0.05, 0) is 12.1 Å². The predicted molar refractivity (Wildman–Crippen MR) is 84.3 cm³/mol. The molecule has 2 aromatic rings. The van der Waals surface area contributed by atoms with Crippen LogP contribution in [0.2, 0.25) is 0 Å². The van der Waals surface area contributed by atoms with Crippen molar-refractivity contribution >= 4 is 22.9 Å². The number of anilines is 1. The topological polar surface area (TPSA) is 80.1 Å². The van der Waals surface area contributed by atoms with Crippen LogP contribution in [0.1, 0.15) is 5.69 Å². The highest BCUT2D eigenvalue weighted by atomic mass is 32.2. The molecule has 0 spiro atoms. The molecule has 7 nitrogen and oxygen atoms in total. The number of nitrogens with one attached hydrogen (secondary N) is 1. The number of hydrogen-bond donors (Lipinski definition) is 1. The van der Waals surface area contributed by atoms with Crippen LogP contribution in [0.5, 0.6) is 0 Å². The standard InChI is InChI=1S/C14H16FN5O2S/c15-13-7-12(20-9-11(17-18-20)8-16-10-21)1-2-14(13)19-3-5-23(22)6-4-19/h1-2,7,9-10H,3-6,8H2,(H,16,21). The smallest absolute Gasteiger partial charge is 0.207 e. The Bertz CT molecular complexity index is 726. The second-order valence-electron chi connectivity index (χ2n) is 5.12. The van der Waals surface area contributed by atoms with E-state index in [9.17, 15) is 13.4 Å². The maximum Gasteiger partial charge on any atom is 0.207 e. The fourth-order valence-electron chi connectivity index (χ4n) is 2.43. The fourth-order valence-corrected chi connectivity index (χ4v) is 3.48. The first-order chi connectivity index (χ1) is 11.2. The van der Waals surface area contributed by atoms with Crippen LogP contribution in [0, 0.1) is 5.82 Å². The first-order valence-electron chi connectivity index (χ1n) is 7.15. The van der Waals surface area contributed by atoms with E-state index in [1.807, 2.05) is 4.90 Å². The van der Waals surface area contributed by atoms with Gasteiger partial charge < -0.3 is 10.2 Å². The molecule has 1 aliphatic rings. The maximum atomic E-state index is 14.4. The Kier molecular flexibility index (Phi) is 4.65. The number of carbonyl (C=O) groups is 1. The Morgan fingerprint density at radius 2 is 2.13 bits per heavy atom. The van der Waals surface area contributed by atoms with Gasteiger partial charge in [0, 0.05) is 41.5 Å². The Balaban J connectivity index is 1.77. The lowest BCUT2D eigenvalue weighted by atomic mass is 10.2. The van der Waals surface area contributed by atoms with Gasteiger partial charge in [-0.25, -0.2) is 9.07 Å². The first kappa shape index (κ1) is 15.6. The molecule has 0 unspecified atom stereocenters. The van der Waals surface area contributed by atoms with Gasteiger partial charge in [0.15, 0.2) is 0 Å². The largest absolute Gasteiger partial charge is 0.367 e. The van der Waals surface area contributed by atoms with Crippen molar-refractivity contribution in [1.82, 2.24) is 20.3 Å². The molecule has 0 atom stereocenters. The summed E-state index contributed by atoms with van der Waals surface area (Å²) in [5.41, 5.74) is 1.64. The van der Waals surface area contributed by atoms with Crippen molar-refractivity contribution in [2.75, 3.05) is 29.5 Å². The molecular weight excluding hydrogens is 321 g/mol. The van der Waals surface area contributed by atoms with E-state index in [4.69, 9.17) is 0 Å². The molecule has 1 aliphatic heterocycles. The highest BCUT2D eigenvalue weighted by Gasteiger charge is 2.18. The van der Waals surface area contributed by atoms with Crippen molar-refractivity contribution in [2.24, 2.45) is 0 Å². The Morgan fingerprint density at radius 1 is 1.35 bits per heavy atom. The SMILES string of the molecule is O=CNCc1cn(-c2ccc(N3CCS(=O)CC3)c(F)c2)nn1. The molecule has 1 aromatic carbocycles. The molecule has 1 fully saturated rings. The number of benzene rings is 1. The number of halogens is 1. The van der Waals surface area contributed by atoms with Gasteiger partial charge in [0.05, 0.1) is 24.1 Å². The Labute approximate surface area is 134 Å². The normalized spacial score (nSPS) is 15.6. The zero-order chi connectivity index (χ0) is 16.2. The Morgan fingerprint density at radius 3 is 2.83 bits per heavy atom. The third-order valence-corrected chi connectivity index (χ3v) is 4.90. The number of aromatic nitrogens is 3. The average Bonchev–Trinajstić information content (AvgIpc) is 3.03. The van der Waals surface area contributed by atoms with E-state index in [2.05, 4.69) is 15.6 Å². The molecule has 1 saturated heterocycles. The number of carbonyl (C=O) groups excluding carboxylic acids is 1. The van der Waals surface area contributed by atoms with Gasteiger partial charge in [-0.2, -0.15) is 0 Å². The maximum absolute atomic E-state index is 14.4. The number of rotatable bonds is 5. The molecule has 0 radical (unpaired) electrons. The average molecular weight is 337 g/mol. The van der Waals surface area contributed by atoms with Gasteiger partial charge in [-0.3, -0.25) is 9.00 Å². The van der Waals surface area contributed by atoms with Crippen LogP contribution < -0.4 is 10.2 Å². The van der Waals surface area contributed by atoms with Gasteiger partial charge in [0.2, 0.25) is 6.41 Å². The molecular formula is C14H16FN5O2S. The number of nitrogens with zero attached hydrogens (tertiary/aromatic N) is 4. The third-order valence-electron chi connectivity index (χ3n) is 3.62. The van der Waals surface area contributed by atoms with E-state index < -0.39 is 10.8 Å². The van der Waals surface area contributed by atoms with Gasteiger partial charge in [0.25, 0.3) is 0 Å². The summed E-state index contributed by atoms with van der Waals surface area (Å²) in [6, 6.07) is 4.85. The molecule has 0 aliphatic carbocycles. The van der Waals surface area contributed by atoms with Crippen LogP contribution in [0.3, 0.4) is 0 Å². The van der Waals surface area contributed by atoms with Crippen molar-refractivity contribution in [1.29, 1.82) is 0 Å². The molecule has 3 rings (SSSR count). The van der Waals surface area contributed by atoms with E-state index >= 15 is 0 Å². The zero-order valence-electron chi connectivity index (χ0n) is 12.3. The predicted octanol–water partition coefficient (Wildman–Crippen LogP) is 0.221. The molecule has 122 valence electrons. The Hall–Kier alpha value is -2.29. The summed E-state index contributed by atoms with van der Waals surface area (Å²) in [6.45, 7) is 1.45. The van der Waals surface area contributed by atoms with Crippen LogP contribution >= 0.6 is 0 Å². The van der Waals surface area contributed by atoms with Gasteiger partial charge >= 0.3 is 0 Å². The summed E-state index contributed by atoms with van der Waals surface area (Å²) in [5.74, 6) is 0.785. The van der Waals surface area contributed by atoms with Crippen LogP contribution in [-0.2, 0) is 22.1 Å². The van der Waals surface area contributed by atoms with E-state index in [0.29, 0.717) is 48.1 Å². The summed E-state index contributed by atoms with van der Waals surface area (Å²) >= 11 is 0. The van der Waals surface area contributed by atoms with E-state index in [-0.39, 0.29) is 12.4 Å². The lowest BCUT2D eigenvalue weighted by Crippen LogP contribution is -2.38. The minimum Gasteiger partial charge on any atom is -0.367 e. The van der Waals surface area contributed by atoms with E-state index in [0.717, 1.165) is 0 Å². The molecule has 0 bridgehead atoms. The minimum atomic E-state index is -0.793. The lowest BCUT2D eigenvalue weighted by Gasteiger charge is -2.28. The molecule has 1 aromatic heterocycles. The highest BCUT2D eigenvalue weighted by Crippen LogP contribution is 2.23. The summed E-state index contributed by atoms with van der Waals surface area (Å²) in [5, 5.41) is 10.3. The lowest BCUT2D eigenvalue weighted by molar-refractivity contribution is -0.109. The number of amides is 1. The molecule has 23 heavy (non-hydrogen) atoms. The summed E-state index contributed by atoms with van der Waals surface area (Å²) in [6.07, 6.45) is 2.22. The second kappa shape index (κ2) is 6.86. The van der Waals surface area contributed by atoms with Crippen molar-refractivity contribution in [3.05, 3.63) is 35.9 Å². The fraction of sp³-hybridized carbons (Fsp3) is 0.357. The van der Waals surface area contributed by atoms with Crippen molar-refractivity contribution in [2.45, 2.75) is 6.54 Å². The van der Waals surface area contributed by atoms with Crippen LogP contribution in [0.4, 0.5) is 10.1 Å². The molecule has 2 heterocycles. The van der Waals surface area contributed by atoms with Gasteiger partial charge in [0.1, 0.15) is 11.5 Å². The molecule has 0 saturated carbocycles. The van der Waals surface area contributed by atoms with Crippen molar-refractivity contribution in [3.8, 4) is 5.69 Å². The molecule has 1 N–H and O–H groups in total. The monoisotopic (exact) mass is 337 g/mol. The summed E-state index contributed by atoms with van der Waals surface area (Å²) in [4.78, 5) is 12.2. The van der Waals surface area contributed by atoms with Crippen molar-refractivity contribution < 1.29 is 13.4 Å². The zero-order valence-corrected chi connectivity index (χ0v) is 13.1. The van der Waals surface area contributed by atoms with Crippen LogP contribution in [0.25, 0.3) is 5.69 Å². The first-order valence-corrected chi connectivity index (χ1v) is 8.64. The van der Waals surface area contributed by atoms with Crippen LogP contribution in [-0.4, -0.2) is 50.2 Å².